The Balaban J connectivity index is 2.67. The molecule has 0 radical (unpaired) electrons. The number of nitrogens with zero attached hydrogens (tertiary/aromatic N) is 2. The topological polar surface area (TPSA) is 27.1 Å². The summed E-state index contributed by atoms with van der Waals surface area (Å²) in [5, 5.41) is 4.06. The summed E-state index contributed by atoms with van der Waals surface area (Å²) < 4.78 is 8.06. The van der Waals surface area contributed by atoms with Crippen LogP contribution in [-0.4, -0.2) is 16.4 Å². The standard InChI is InChI=1S/C7H11BrN2O/c1-3-11-5-7-6(8)4-9-10(7)2/h4H,3,5H2,1-2H3. The molecule has 0 aliphatic carbocycles. The molecule has 0 saturated heterocycles. The molecule has 62 valence electrons. The summed E-state index contributed by atoms with van der Waals surface area (Å²) in [6, 6.07) is 0. The lowest BCUT2D eigenvalue weighted by atomic mass is 10.4. The van der Waals surface area contributed by atoms with E-state index in [1.807, 2.05) is 14.0 Å². The van der Waals surface area contributed by atoms with Gasteiger partial charge in [-0.2, -0.15) is 5.10 Å². The maximum atomic E-state index is 5.25. The number of halogens is 1. The monoisotopic (exact) mass is 218 g/mol. The van der Waals surface area contributed by atoms with Crippen molar-refractivity contribution < 1.29 is 4.74 Å². The highest BCUT2D eigenvalue weighted by atomic mass is 79.9. The smallest absolute Gasteiger partial charge is 0.0895 e. The first-order valence-corrected chi connectivity index (χ1v) is 4.29. The Morgan fingerprint density at radius 3 is 2.91 bits per heavy atom. The Kier molecular flexibility index (Phi) is 3.08. The summed E-state index contributed by atoms with van der Waals surface area (Å²) in [6.07, 6.45) is 1.77. The molecular weight excluding hydrogens is 208 g/mol. The van der Waals surface area contributed by atoms with E-state index in [1.54, 1.807) is 10.9 Å². The van der Waals surface area contributed by atoms with Crippen molar-refractivity contribution in [2.45, 2.75) is 13.5 Å². The first kappa shape index (κ1) is 8.74. The van der Waals surface area contributed by atoms with Crippen LogP contribution in [0, 0.1) is 0 Å². The molecule has 0 unspecified atom stereocenters. The lowest BCUT2D eigenvalue weighted by Gasteiger charge is -2.01. The third-order valence-corrected chi connectivity index (χ3v) is 2.12. The molecule has 1 rings (SSSR count). The summed E-state index contributed by atoms with van der Waals surface area (Å²) >= 11 is 3.38. The summed E-state index contributed by atoms with van der Waals surface area (Å²) in [4.78, 5) is 0. The zero-order chi connectivity index (χ0) is 8.27. The third-order valence-electron chi connectivity index (χ3n) is 1.45. The number of aromatic nitrogens is 2. The Morgan fingerprint density at radius 1 is 1.73 bits per heavy atom. The first-order valence-electron chi connectivity index (χ1n) is 3.49. The normalized spacial score (nSPS) is 10.5. The molecule has 0 saturated carbocycles. The second-order valence-electron chi connectivity index (χ2n) is 2.20. The van der Waals surface area contributed by atoms with Crippen LogP contribution >= 0.6 is 15.9 Å². The predicted octanol–water partition coefficient (Wildman–Crippen LogP) is 1.72. The quantitative estimate of drug-likeness (QED) is 0.773. The van der Waals surface area contributed by atoms with Crippen LogP contribution in [0.1, 0.15) is 12.6 Å². The number of ether oxygens (including phenoxy) is 1. The molecule has 4 heteroatoms. The van der Waals surface area contributed by atoms with Gasteiger partial charge < -0.3 is 4.74 Å². The fourth-order valence-corrected chi connectivity index (χ4v) is 1.26. The van der Waals surface area contributed by atoms with Crippen molar-refractivity contribution in [3.63, 3.8) is 0 Å². The van der Waals surface area contributed by atoms with Crippen molar-refractivity contribution in [3.8, 4) is 0 Å². The third kappa shape index (κ3) is 2.04. The zero-order valence-corrected chi connectivity index (χ0v) is 8.26. The highest BCUT2D eigenvalue weighted by Crippen LogP contribution is 2.15. The summed E-state index contributed by atoms with van der Waals surface area (Å²) in [6.45, 7) is 3.33. The van der Waals surface area contributed by atoms with E-state index in [-0.39, 0.29) is 0 Å². The molecule has 0 aromatic carbocycles. The minimum absolute atomic E-state index is 0.619. The number of rotatable bonds is 3. The van der Waals surface area contributed by atoms with Gasteiger partial charge in [0.15, 0.2) is 0 Å². The van der Waals surface area contributed by atoms with Gasteiger partial charge in [-0.15, -0.1) is 0 Å². The van der Waals surface area contributed by atoms with E-state index in [0.717, 1.165) is 16.8 Å². The molecule has 0 fully saturated rings. The molecule has 3 nitrogen and oxygen atoms in total. The van der Waals surface area contributed by atoms with Gasteiger partial charge in [0.1, 0.15) is 0 Å². The van der Waals surface area contributed by atoms with Crippen LogP contribution in [0.4, 0.5) is 0 Å². The van der Waals surface area contributed by atoms with E-state index in [9.17, 15) is 0 Å². The number of aryl methyl sites for hydroxylation is 1. The molecule has 11 heavy (non-hydrogen) atoms. The van der Waals surface area contributed by atoms with E-state index in [2.05, 4.69) is 21.0 Å². The molecule has 0 N–H and O–H groups in total. The Labute approximate surface area is 74.5 Å². The van der Waals surface area contributed by atoms with Crippen LogP contribution < -0.4 is 0 Å². The van der Waals surface area contributed by atoms with Gasteiger partial charge in [-0.05, 0) is 22.9 Å². The van der Waals surface area contributed by atoms with E-state index < -0.39 is 0 Å². The number of hydrogen-bond donors (Lipinski definition) is 0. The molecule has 0 amide bonds. The van der Waals surface area contributed by atoms with Crippen molar-refractivity contribution in [1.82, 2.24) is 9.78 Å². The van der Waals surface area contributed by atoms with Crippen LogP contribution in [0.15, 0.2) is 10.7 Å². The van der Waals surface area contributed by atoms with Crippen LogP contribution in [0.25, 0.3) is 0 Å². The van der Waals surface area contributed by atoms with E-state index >= 15 is 0 Å². The average molecular weight is 219 g/mol. The fraction of sp³-hybridized carbons (Fsp3) is 0.571. The largest absolute Gasteiger partial charge is 0.375 e. The molecule has 0 spiro atoms. The minimum atomic E-state index is 0.619. The fourth-order valence-electron chi connectivity index (χ4n) is 0.797. The molecular formula is C7H11BrN2O. The zero-order valence-electron chi connectivity index (χ0n) is 6.67. The Bertz CT molecular complexity index is 215. The van der Waals surface area contributed by atoms with Crippen molar-refractivity contribution in [3.05, 3.63) is 16.4 Å². The molecule has 0 atom stereocenters. The first-order chi connectivity index (χ1) is 5.25. The van der Waals surface area contributed by atoms with Gasteiger partial charge in [-0.25, -0.2) is 0 Å². The molecule has 1 aromatic rings. The van der Waals surface area contributed by atoms with E-state index in [4.69, 9.17) is 4.74 Å². The Hall–Kier alpha value is -0.350. The van der Waals surface area contributed by atoms with Gasteiger partial charge in [0.2, 0.25) is 0 Å². The average Bonchev–Trinajstić information content (AvgIpc) is 2.29. The molecule has 1 aromatic heterocycles. The summed E-state index contributed by atoms with van der Waals surface area (Å²) in [7, 11) is 1.90. The van der Waals surface area contributed by atoms with Gasteiger partial charge in [0.05, 0.1) is 23.0 Å². The second kappa shape index (κ2) is 3.88. The maximum absolute atomic E-state index is 5.25. The van der Waals surface area contributed by atoms with Crippen LogP contribution in [0.5, 0.6) is 0 Å². The van der Waals surface area contributed by atoms with Crippen molar-refractivity contribution >= 4 is 15.9 Å². The van der Waals surface area contributed by atoms with Gasteiger partial charge in [-0.1, -0.05) is 0 Å². The lowest BCUT2D eigenvalue weighted by Crippen LogP contribution is -2.01. The molecule has 0 bridgehead atoms. The van der Waals surface area contributed by atoms with Gasteiger partial charge in [-0.3, -0.25) is 4.68 Å². The van der Waals surface area contributed by atoms with Crippen molar-refractivity contribution in [1.29, 1.82) is 0 Å². The van der Waals surface area contributed by atoms with Gasteiger partial charge in [0.25, 0.3) is 0 Å². The minimum Gasteiger partial charge on any atom is -0.375 e. The SMILES string of the molecule is CCOCc1c(Br)cnn1C. The van der Waals surface area contributed by atoms with E-state index in [1.165, 1.54) is 0 Å². The molecule has 0 aliphatic heterocycles. The van der Waals surface area contributed by atoms with Crippen LogP contribution in [0.3, 0.4) is 0 Å². The second-order valence-corrected chi connectivity index (χ2v) is 3.05. The highest BCUT2D eigenvalue weighted by molar-refractivity contribution is 9.10. The van der Waals surface area contributed by atoms with Crippen molar-refractivity contribution in [2.24, 2.45) is 7.05 Å². The molecule has 0 aliphatic rings. The summed E-state index contributed by atoms with van der Waals surface area (Å²) in [5.74, 6) is 0. The number of hydrogen-bond acceptors (Lipinski definition) is 2. The maximum Gasteiger partial charge on any atom is 0.0895 e. The summed E-state index contributed by atoms with van der Waals surface area (Å²) in [5.41, 5.74) is 1.08. The van der Waals surface area contributed by atoms with E-state index in [0.29, 0.717) is 6.61 Å². The highest BCUT2D eigenvalue weighted by Gasteiger charge is 2.04. The van der Waals surface area contributed by atoms with Gasteiger partial charge in [0, 0.05) is 13.7 Å². The lowest BCUT2D eigenvalue weighted by molar-refractivity contribution is 0.128. The van der Waals surface area contributed by atoms with Crippen LogP contribution in [0.2, 0.25) is 0 Å². The van der Waals surface area contributed by atoms with Crippen molar-refractivity contribution in [2.75, 3.05) is 6.61 Å². The predicted molar refractivity (Wildman–Crippen MR) is 46.2 cm³/mol. The van der Waals surface area contributed by atoms with Gasteiger partial charge >= 0.3 is 0 Å². The molecule has 1 heterocycles. The van der Waals surface area contributed by atoms with Crippen LogP contribution in [-0.2, 0) is 18.4 Å². The Morgan fingerprint density at radius 2 is 2.45 bits per heavy atom.